The van der Waals surface area contributed by atoms with E-state index < -0.39 is 17.8 Å². The summed E-state index contributed by atoms with van der Waals surface area (Å²) in [4.78, 5) is 34.6. The summed E-state index contributed by atoms with van der Waals surface area (Å²) in [5, 5.41) is 4.84. The predicted octanol–water partition coefficient (Wildman–Crippen LogP) is 2.09. The van der Waals surface area contributed by atoms with Crippen LogP contribution in [0.1, 0.15) is 10.4 Å². The summed E-state index contributed by atoms with van der Waals surface area (Å²) in [7, 11) is 1.23. The highest BCUT2D eigenvalue weighted by Crippen LogP contribution is 2.23. The lowest BCUT2D eigenvalue weighted by atomic mass is 10.2. The van der Waals surface area contributed by atoms with E-state index in [9.17, 15) is 14.4 Å². The molecule has 0 aliphatic rings. The largest absolute Gasteiger partial charge is 0.465 e. The lowest BCUT2D eigenvalue weighted by Gasteiger charge is -2.09. The van der Waals surface area contributed by atoms with Gasteiger partial charge < -0.3 is 15.4 Å². The second-order valence-corrected chi connectivity index (χ2v) is 5.37. The minimum Gasteiger partial charge on any atom is -0.465 e. The zero-order valence-electron chi connectivity index (χ0n) is 11.0. The number of methoxy groups -OCH3 is 1. The van der Waals surface area contributed by atoms with Crippen molar-refractivity contribution in [1.29, 1.82) is 0 Å². The zero-order valence-corrected chi connectivity index (χ0v) is 13.4. The number of carbonyl (C=O) groups is 3. The van der Waals surface area contributed by atoms with E-state index in [1.165, 1.54) is 25.3 Å². The van der Waals surface area contributed by atoms with E-state index in [0.29, 0.717) is 4.48 Å². The molecule has 2 N–H and O–H groups in total. The number of esters is 1. The molecule has 1 rings (SSSR count). The maximum Gasteiger partial charge on any atom is 0.337 e. The van der Waals surface area contributed by atoms with Crippen molar-refractivity contribution in [3.05, 3.63) is 39.8 Å². The molecule has 0 spiro atoms. The number of halogens is 2. The molecule has 21 heavy (non-hydrogen) atoms. The van der Waals surface area contributed by atoms with Gasteiger partial charge in [-0.15, -0.1) is 0 Å². The third-order valence-electron chi connectivity index (χ3n) is 2.28. The Bertz CT molecular complexity index is 604. The maximum atomic E-state index is 11.7. The molecule has 0 fully saturated rings. The SMILES string of the molecule is C=C(Br)CNC(=O)C(=O)Nc1cc(C(=O)OC)ccc1Cl. The van der Waals surface area contributed by atoms with E-state index in [0.717, 1.165) is 0 Å². The van der Waals surface area contributed by atoms with Gasteiger partial charge in [-0.3, -0.25) is 9.59 Å². The number of amides is 2. The normalized spacial score (nSPS) is 9.67. The van der Waals surface area contributed by atoms with Crippen LogP contribution >= 0.6 is 27.5 Å². The first-order chi connectivity index (χ1) is 9.85. The number of nitrogens with one attached hydrogen (secondary N) is 2. The first-order valence-electron chi connectivity index (χ1n) is 5.65. The van der Waals surface area contributed by atoms with Crippen molar-refractivity contribution in [3.63, 3.8) is 0 Å². The van der Waals surface area contributed by atoms with Crippen LogP contribution < -0.4 is 10.6 Å². The van der Waals surface area contributed by atoms with Crippen LogP contribution in [-0.2, 0) is 14.3 Å². The molecule has 0 radical (unpaired) electrons. The standard InChI is InChI=1S/C13H12BrClN2O4/c1-7(14)6-16-11(18)12(19)17-10-5-8(13(20)21-2)3-4-9(10)15/h3-5H,1,6H2,2H3,(H,16,18)(H,17,19). The molecule has 0 aliphatic heterocycles. The Morgan fingerprint density at radius 3 is 2.57 bits per heavy atom. The Morgan fingerprint density at radius 1 is 1.33 bits per heavy atom. The molecule has 112 valence electrons. The number of benzene rings is 1. The topological polar surface area (TPSA) is 84.5 Å². The summed E-state index contributed by atoms with van der Waals surface area (Å²) >= 11 is 8.95. The van der Waals surface area contributed by atoms with Crippen LogP contribution in [0.5, 0.6) is 0 Å². The van der Waals surface area contributed by atoms with Crippen LogP contribution in [0.15, 0.2) is 29.3 Å². The van der Waals surface area contributed by atoms with Gasteiger partial charge in [0.2, 0.25) is 0 Å². The quantitative estimate of drug-likeness (QED) is 0.623. The third kappa shape index (κ3) is 5.20. The molecule has 1 aromatic carbocycles. The highest BCUT2D eigenvalue weighted by molar-refractivity contribution is 9.11. The number of anilines is 1. The zero-order chi connectivity index (χ0) is 16.0. The number of hydrogen-bond donors (Lipinski definition) is 2. The summed E-state index contributed by atoms with van der Waals surface area (Å²) in [6.45, 7) is 3.64. The van der Waals surface area contributed by atoms with E-state index in [1.807, 2.05) is 0 Å². The van der Waals surface area contributed by atoms with Crippen molar-refractivity contribution in [2.75, 3.05) is 19.0 Å². The first-order valence-corrected chi connectivity index (χ1v) is 6.82. The summed E-state index contributed by atoms with van der Waals surface area (Å²) < 4.78 is 5.08. The van der Waals surface area contributed by atoms with Crippen molar-refractivity contribution < 1.29 is 19.1 Å². The van der Waals surface area contributed by atoms with Crippen LogP contribution in [0.2, 0.25) is 5.02 Å². The lowest BCUT2D eigenvalue weighted by Crippen LogP contribution is -2.36. The van der Waals surface area contributed by atoms with E-state index in [2.05, 4.69) is 37.9 Å². The molecule has 0 aliphatic carbocycles. The van der Waals surface area contributed by atoms with Crippen LogP contribution in [0.25, 0.3) is 0 Å². The van der Waals surface area contributed by atoms with E-state index in [-0.39, 0.29) is 22.8 Å². The van der Waals surface area contributed by atoms with Gasteiger partial charge in [-0.2, -0.15) is 0 Å². The van der Waals surface area contributed by atoms with Crippen molar-refractivity contribution in [2.24, 2.45) is 0 Å². The van der Waals surface area contributed by atoms with Gasteiger partial charge in [-0.25, -0.2) is 4.79 Å². The fraction of sp³-hybridized carbons (Fsp3) is 0.154. The second kappa shape index (κ2) is 7.80. The Labute approximate surface area is 134 Å². The molecule has 0 saturated heterocycles. The van der Waals surface area contributed by atoms with E-state index >= 15 is 0 Å². The molecular formula is C13H12BrClN2O4. The van der Waals surface area contributed by atoms with Gasteiger partial charge in [0.1, 0.15) is 0 Å². The van der Waals surface area contributed by atoms with Crippen molar-refractivity contribution in [2.45, 2.75) is 0 Å². The van der Waals surface area contributed by atoms with Gasteiger partial charge in [-0.1, -0.05) is 34.1 Å². The van der Waals surface area contributed by atoms with Crippen molar-refractivity contribution in [3.8, 4) is 0 Å². The minimum atomic E-state index is -0.910. The van der Waals surface area contributed by atoms with Gasteiger partial charge in [0.25, 0.3) is 0 Å². The summed E-state index contributed by atoms with van der Waals surface area (Å²) in [5.74, 6) is -2.34. The summed E-state index contributed by atoms with van der Waals surface area (Å²) in [6, 6.07) is 4.18. The number of carbonyl (C=O) groups excluding carboxylic acids is 3. The molecule has 0 atom stereocenters. The third-order valence-corrected chi connectivity index (χ3v) is 2.89. The highest BCUT2D eigenvalue weighted by Gasteiger charge is 2.16. The Morgan fingerprint density at radius 2 is 2.00 bits per heavy atom. The van der Waals surface area contributed by atoms with Crippen LogP contribution in [-0.4, -0.2) is 31.4 Å². The number of hydrogen-bond acceptors (Lipinski definition) is 4. The van der Waals surface area contributed by atoms with E-state index in [1.54, 1.807) is 0 Å². The molecule has 6 nitrogen and oxygen atoms in total. The van der Waals surface area contributed by atoms with Crippen molar-refractivity contribution >= 4 is 51.0 Å². The Kier molecular flexibility index (Phi) is 6.39. The van der Waals surface area contributed by atoms with Crippen LogP contribution in [0.3, 0.4) is 0 Å². The Hall–Kier alpha value is -1.86. The Balaban J connectivity index is 2.82. The molecule has 1 aromatic rings. The van der Waals surface area contributed by atoms with Crippen molar-refractivity contribution in [1.82, 2.24) is 5.32 Å². The summed E-state index contributed by atoms with van der Waals surface area (Å²) in [6.07, 6.45) is 0. The average Bonchev–Trinajstić information content (AvgIpc) is 2.45. The first kappa shape index (κ1) is 17.2. The molecule has 8 heteroatoms. The molecule has 0 heterocycles. The van der Waals surface area contributed by atoms with Gasteiger partial charge in [-0.05, 0) is 18.2 Å². The van der Waals surface area contributed by atoms with Gasteiger partial charge in [0.05, 0.1) is 23.4 Å². The second-order valence-electron chi connectivity index (χ2n) is 3.84. The molecule has 0 bridgehead atoms. The smallest absolute Gasteiger partial charge is 0.337 e. The van der Waals surface area contributed by atoms with Crippen LogP contribution in [0, 0.1) is 0 Å². The van der Waals surface area contributed by atoms with Gasteiger partial charge >= 0.3 is 17.8 Å². The highest BCUT2D eigenvalue weighted by atomic mass is 79.9. The number of ether oxygens (including phenoxy) is 1. The number of rotatable bonds is 4. The molecule has 0 aromatic heterocycles. The fourth-order valence-electron chi connectivity index (χ4n) is 1.30. The lowest BCUT2D eigenvalue weighted by molar-refractivity contribution is -0.136. The predicted molar refractivity (Wildman–Crippen MR) is 82.5 cm³/mol. The molecular weight excluding hydrogens is 364 g/mol. The van der Waals surface area contributed by atoms with E-state index in [4.69, 9.17) is 11.6 Å². The maximum absolute atomic E-state index is 11.7. The minimum absolute atomic E-state index is 0.113. The summed E-state index contributed by atoms with van der Waals surface area (Å²) in [5.41, 5.74) is 0.337. The monoisotopic (exact) mass is 374 g/mol. The average molecular weight is 376 g/mol. The molecule has 2 amide bonds. The molecule has 0 unspecified atom stereocenters. The molecule has 0 saturated carbocycles. The fourth-order valence-corrected chi connectivity index (χ4v) is 1.61. The van der Waals surface area contributed by atoms with Crippen LogP contribution in [0.4, 0.5) is 5.69 Å². The van der Waals surface area contributed by atoms with Gasteiger partial charge in [0, 0.05) is 11.0 Å². The van der Waals surface area contributed by atoms with Gasteiger partial charge in [0.15, 0.2) is 0 Å².